The molecule has 1 aromatic rings. The molecule has 0 bridgehead atoms. The van der Waals surface area contributed by atoms with Gasteiger partial charge in [-0.25, -0.2) is 0 Å². The Morgan fingerprint density at radius 3 is 2.75 bits per heavy atom. The number of hydrogen-bond acceptors (Lipinski definition) is 2. The van der Waals surface area contributed by atoms with Crippen molar-refractivity contribution in [2.24, 2.45) is 0 Å². The van der Waals surface area contributed by atoms with Gasteiger partial charge < -0.3 is 4.74 Å². The van der Waals surface area contributed by atoms with Crippen LogP contribution >= 0.6 is 0 Å². The molecular weight excluding hydrogens is 152 g/mol. The molecular formula is C10H11O2. The molecule has 0 amide bonds. The van der Waals surface area contributed by atoms with Crippen LogP contribution in [0.25, 0.3) is 0 Å². The molecule has 0 saturated carbocycles. The molecule has 0 atom stereocenters. The van der Waals surface area contributed by atoms with Gasteiger partial charge in [0.05, 0.1) is 0 Å². The Morgan fingerprint density at radius 1 is 1.50 bits per heavy atom. The van der Waals surface area contributed by atoms with E-state index in [2.05, 4.69) is 6.07 Å². The maximum Gasteiger partial charge on any atom is 0.305 e. The second-order valence-electron chi connectivity index (χ2n) is 2.42. The van der Waals surface area contributed by atoms with Crippen molar-refractivity contribution < 1.29 is 9.53 Å². The highest BCUT2D eigenvalue weighted by molar-refractivity contribution is 5.68. The molecule has 1 aromatic carbocycles. The molecule has 0 fully saturated rings. The molecule has 0 aliphatic heterocycles. The number of rotatable bonds is 3. The summed E-state index contributed by atoms with van der Waals surface area (Å²) in [5.41, 5.74) is 0.996. The lowest BCUT2D eigenvalue weighted by molar-refractivity contribution is -0.144. The van der Waals surface area contributed by atoms with Gasteiger partial charge in [-0.05, 0) is 11.6 Å². The van der Waals surface area contributed by atoms with Gasteiger partial charge >= 0.3 is 5.97 Å². The predicted molar refractivity (Wildman–Crippen MR) is 45.4 cm³/mol. The largest absolute Gasteiger partial charge is 0.461 e. The van der Waals surface area contributed by atoms with Crippen LogP contribution in [-0.2, 0) is 16.1 Å². The smallest absolute Gasteiger partial charge is 0.305 e. The molecule has 0 aromatic heterocycles. The minimum Gasteiger partial charge on any atom is -0.461 e. The standard InChI is InChI=1S/C10H11O2/c1-2-10(11)12-8-9-6-4-3-5-7-9/h4-7H,2,8H2,1H3. The summed E-state index contributed by atoms with van der Waals surface area (Å²) in [6.45, 7) is 2.14. The average molecular weight is 163 g/mol. The van der Waals surface area contributed by atoms with E-state index in [1.54, 1.807) is 19.1 Å². The molecule has 2 heteroatoms. The molecule has 12 heavy (non-hydrogen) atoms. The minimum atomic E-state index is -0.164. The summed E-state index contributed by atoms with van der Waals surface area (Å²) < 4.78 is 4.92. The van der Waals surface area contributed by atoms with Gasteiger partial charge in [0, 0.05) is 6.42 Å². The first-order valence-corrected chi connectivity index (χ1v) is 3.93. The molecule has 0 N–H and O–H groups in total. The van der Waals surface area contributed by atoms with Gasteiger partial charge in [-0.1, -0.05) is 31.2 Å². The Morgan fingerprint density at radius 2 is 2.17 bits per heavy atom. The van der Waals surface area contributed by atoms with Gasteiger partial charge in [0.2, 0.25) is 0 Å². The first-order chi connectivity index (χ1) is 5.83. The topological polar surface area (TPSA) is 26.3 Å². The Bertz CT molecular complexity index is 241. The summed E-state index contributed by atoms with van der Waals surface area (Å²) in [5.74, 6) is -0.164. The minimum absolute atomic E-state index is 0.164. The van der Waals surface area contributed by atoms with Gasteiger partial charge in [0.25, 0.3) is 0 Å². The SMILES string of the molecule is CCC(=O)OCc1cc[c]cc1. The van der Waals surface area contributed by atoms with Crippen molar-refractivity contribution in [3.05, 3.63) is 35.9 Å². The Labute approximate surface area is 72.2 Å². The summed E-state index contributed by atoms with van der Waals surface area (Å²) >= 11 is 0. The molecule has 0 aliphatic carbocycles. The van der Waals surface area contributed by atoms with Gasteiger partial charge in [-0.3, -0.25) is 4.79 Å². The Hall–Kier alpha value is -1.31. The highest BCUT2D eigenvalue weighted by atomic mass is 16.5. The Kier molecular flexibility index (Phi) is 3.33. The van der Waals surface area contributed by atoms with Gasteiger partial charge in [0.1, 0.15) is 6.61 Å². The highest BCUT2D eigenvalue weighted by Gasteiger charge is 1.97. The van der Waals surface area contributed by atoms with Crippen LogP contribution in [0.3, 0.4) is 0 Å². The van der Waals surface area contributed by atoms with E-state index < -0.39 is 0 Å². The molecule has 0 saturated heterocycles. The van der Waals surface area contributed by atoms with Crippen LogP contribution in [0.15, 0.2) is 24.3 Å². The monoisotopic (exact) mass is 163 g/mol. The molecule has 1 rings (SSSR count). The molecule has 0 unspecified atom stereocenters. The average Bonchev–Trinajstić information content (AvgIpc) is 2.16. The number of carbonyl (C=O) groups is 1. The van der Waals surface area contributed by atoms with Crippen LogP contribution in [0, 0.1) is 6.07 Å². The summed E-state index contributed by atoms with van der Waals surface area (Å²) in [4.78, 5) is 10.8. The summed E-state index contributed by atoms with van der Waals surface area (Å²) in [6.07, 6.45) is 0.430. The fraction of sp³-hybridized carbons (Fsp3) is 0.300. The van der Waals surface area contributed by atoms with Crippen molar-refractivity contribution in [1.82, 2.24) is 0 Å². The number of carbonyl (C=O) groups excluding carboxylic acids is 1. The normalized spacial score (nSPS) is 9.42. The van der Waals surface area contributed by atoms with E-state index in [-0.39, 0.29) is 5.97 Å². The lowest BCUT2D eigenvalue weighted by atomic mass is 10.2. The molecule has 63 valence electrons. The first kappa shape index (κ1) is 8.78. The van der Waals surface area contributed by atoms with E-state index >= 15 is 0 Å². The third kappa shape index (κ3) is 2.74. The second-order valence-corrected chi connectivity index (χ2v) is 2.42. The molecule has 2 nitrogen and oxygen atoms in total. The molecule has 1 radical (unpaired) electrons. The summed E-state index contributed by atoms with van der Waals surface area (Å²) in [7, 11) is 0. The Balaban J connectivity index is 2.38. The van der Waals surface area contributed by atoms with Crippen molar-refractivity contribution >= 4 is 5.97 Å². The van der Waals surface area contributed by atoms with Crippen LogP contribution in [0.2, 0.25) is 0 Å². The third-order valence-corrected chi connectivity index (χ3v) is 1.48. The molecule has 0 aliphatic rings. The number of hydrogen-bond donors (Lipinski definition) is 0. The van der Waals surface area contributed by atoms with Crippen LogP contribution in [0.5, 0.6) is 0 Å². The van der Waals surface area contributed by atoms with E-state index in [9.17, 15) is 4.79 Å². The highest BCUT2D eigenvalue weighted by Crippen LogP contribution is 2.00. The van der Waals surface area contributed by atoms with Crippen molar-refractivity contribution in [3.8, 4) is 0 Å². The maximum absolute atomic E-state index is 10.8. The van der Waals surface area contributed by atoms with E-state index in [0.717, 1.165) is 5.56 Å². The molecule has 0 heterocycles. The van der Waals surface area contributed by atoms with Crippen LogP contribution in [0.1, 0.15) is 18.9 Å². The van der Waals surface area contributed by atoms with E-state index in [0.29, 0.717) is 13.0 Å². The van der Waals surface area contributed by atoms with Crippen LogP contribution < -0.4 is 0 Å². The fourth-order valence-corrected chi connectivity index (χ4v) is 0.784. The number of ether oxygens (including phenoxy) is 1. The fourth-order valence-electron chi connectivity index (χ4n) is 0.784. The van der Waals surface area contributed by atoms with E-state index in [1.807, 2.05) is 12.1 Å². The zero-order valence-corrected chi connectivity index (χ0v) is 7.04. The molecule has 0 spiro atoms. The van der Waals surface area contributed by atoms with Gasteiger partial charge in [0.15, 0.2) is 0 Å². The third-order valence-electron chi connectivity index (χ3n) is 1.48. The predicted octanol–water partition coefficient (Wildman–Crippen LogP) is 1.94. The zero-order valence-electron chi connectivity index (χ0n) is 7.04. The van der Waals surface area contributed by atoms with Gasteiger partial charge in [-0.2, -0.15) is 0 Å². The van der Waals surface area contributed by atoms with Gasteiger partial charge in [-0.15, -0.1) is 0 Å². The van der Waals surface area contributed by atoms with E-state index in [1.165, 1.54) is 0 Å². The van der Waals surface area contributed by atoms with Crippen LogP contribution in [-0.4, -0.2) is 5.97 Å². The van der Waals surface area contributed by atoms with Crippen molar-refractivity contribution in [2.75, 3.05) is 0 Å². The van der Waals surface area contributed by atoms with Crippen molar-refractivity contribution in [1.29, 1.82) is 0 Å². The summed E-state index contributed by atoms with van der Waals surface area (Å²) in [6, 6.07) is 10.3. The number of esters is 1. The van der Waals surface area contributed by atoms with Crippen molar-refractivity contribution in [3.63, 3.8) is 0 Å². The number of benzene rings is 1. The van der Waals surface area contributed by atoms with Crippen molar-refractivity contribution in [2.45, 2.75) is 20.0 Å². The second kappa shape index (κ2) is 4.54. The quantitative estimate of drug-likeness (QED) is 0.636. The van der Waals surface area contributed by atoms with Crippen LogP contribution in [0.4, 0.5) is 0 Å². The van der Waals surface area contributed by atoms with E-state index in [4.69, 9.17) is 4.74 Å². The first-order valence-electron chi connectivity index (χ1n) is 3.93. The maximum atomic E-state index is 10.8. The zero-order chi connectivity index (χ0) is 8.81. The summed E-state index contributed by atoms with van der Waals surface area (Å²) in [5, 5.41) is 0. The lowest BCUT2D eigenvalue weighted by Crippen LogP contribution is -2.01. The lowest BCUT2D eigenvalue weighted by Gasteiger charge is -2.01.